The van der Waals surface area contributed by atoms with E-state index in [4.69, 9.17) is 0 Å². The summed E-state index contributed by atoms with van der Waals surface area (Å²) in [4.78, 5) is 15.0. The number of hydrogen-bond donors (Lipinski definition) is 2. The van der Waals surface area contributed by atoms with Crippen molar-refractivity contribution < 1.29 is 31.1 Å². The molecule has 0 aromatic heterocycles. The number of halogens is 6. The first-order valence-electron chi connectivity index (χ1n) is 10.6. The van der Waals surface area contributed by atoms with E-state index >= 15 is 0 Å². The molecule has 0 bridgehead atoms. The molecule has 0 spiro atoms. The second-order valence-electron chi connectivity index (χ2n) is 8.56. The Labute approximate surface area is 187 Å². The highest BCUT2D eigenvalue weighted by Gasteiger charge is 2.43. The lowest BCUT2D eigenvalue weighted by Gasteiger charge is -2.44. The van der Waals surface area contributed by atoms with E-state index in [9.17, 15) is 31.1 Å². The maximum atomic E-state index is 13.2. The first-order chi connectivity index (χ1) is 15.5. The zero-order valence-corrected chi connectivity index (χ0v) is 17.6. The summed E-state index contributed by atoms with van der Waals surface area (Å²) >= 11 is 0. The summed E-state index contributed by atoms with van der Waals surface area (Å²) in [6, 6.07) is 8.80. The molecule has 178 valence electrons. The Morgan fingerprint density at radius 2 is 1.42 bits per heavy atom. The number of hydrogen-bond acceptors (Lipinski definition) is 3. The van der Waals surface area contributed by atoms with E-state index in [2.05, 4.69) is 15.5 Å². The summed E-state index contributed by atoms with van der Waals surface area (Å²) in [7, 11) is 0. The Kier molecular flexibility index (Phi) is 6.17. The van der Waals surface area contributed by atoms with Gasteiger partial charge in [0.15, 0.2) is 0 Å². The van der Waals surface area contributed by atoms with Gasteiger partial charge in [0, 0.05) is 43.8 Å². The van der Waals surface area contributed by atoms with Gasteiger partial charge < -0.3 is 10.6 Å². The number of nitrogens with one attached hydrogen (secondary N) is 2. The van der Waals surface area contributed by atoms with Gasteiger partial charge in [0.2, 0.25) is 0 Å². The van der Waals surface area contributed by atoms with Crippen molar-refractivity contribution >= 4 is 5.91 Å². The predicted octanol–water partition coefficient (Wildman–Crippen LogP) is 3.90. The third-order valence-electron chi connectivity index (χ3n) is 6.37. The van der Waals surface area contributed by atoms with Crippen molar-refractivity contribution in [3.05, 3.63) is 70.3 Å². The maximum Gasteiger partial charge on any atom is 0.416 e. The van der Waals surface area contributed by atoms with Gasteiger partial charge in [-0.2, -0.15) is 26.3 Å². The summed E-state index contributed by atoms with van der Waals surface area (Å²) in [6.07, 6.45) is -8.74. The molecule has 10 heteroatoms. The van der Waals surface area contributed by atoms with Gasteiger partial charge >= 0.3 is 12.4 Å². The zero-order chi connectivity index (χ0) is 23.9. The molecule has 1 fully saturated rings. The smallest absolute Gasteiger partial charge is 0.350 e. The molecule has 0 saturated carbocycles. The molecular formula is C23H23F6N3O. The van der Waals surface area contributed by atoms with Crippen molar-refractivity contribution in [3.8, 4) is 0 Å². The average Bonchev–Trinajstić information content (AvgIpc) is 3.16. The van der Waals surface area contributed by atoms with Crippen LogP contribution < -0.4 is 10.6 Å². The molecule has 2 aromatic carbocycles. The molecule has 4 nitrogen and oxygen atoms in total. The van der Waals surface area contributed by atoms with Crippen molar-refractivity contribution in [2.24, 2.45) is 0 Å². The molecular weight excluding hydrogens is 448 g/mol. The number of piperazine rings is 1. The van der Waals surface area contributed by atoms with Crippen molar-refractivity contribution in [1.29, 1.82) is 0 Å². The summed E-state index contributed by atoms with van der Waals surface area (Å²) in [5.74, 6) is -0.961. The van der Waals surface area contributed by atoms with Gasteiger partial charge in [0.25, 0.3) is 5.91 Å². The van der Waals surface area contributed by atoms with Crippen LogP contribution >= 0.6 is 0 Å². The Balaban J connectivity index is 1.60. The van der Waals surface area contributed by atoms with E-state index < -0.39 is 40.5 Å². The van der Waals surface area contributed by atoms with Gasteiger partial charge in [-0.1, -0.05) is 24.3 Å². The van der Waals surface area contributed by atoms with E-state index in [1.165, 1.54) is 0 Å². The Bertz CT molecular complexity index is 970. The lowest BCUT2D eigenvalue weighted by Crippen LogP contribution is -2.61. The number of carbonyl (C=O) groups is 1. The number of alkyl halides is 6. The van der Waals surface area contributed by atoms with Crippen LogP contribution in [0.1, 0.15) is 32.6 Å². The Morgan fingerprint density at radius 1 is 0.909 bits per heavy atom. The van der Waals surface area contributed by atoms with Crippen molar-refractivity contribution in [2.45, 2.75) is 30.7 Å². The van der Waals surface area contributed by atoms with Crippen LogP contribution in [-0.4, -0.2) is 49.1 Å². The Hall–Kier alpha value is -2.59. The van der Waals surface area contributed by atoms with E-state index in [0.717, 1.165) is 37.3 Å². The average molecular weight is 471 g/mol. The first-order valence-corrected chi connectivity index (χ1v) is 10.6. The van der Waals surface area contributed by atoms with Crippen LogP contribution in [-0.2, 0) is 25.2 Å². The predicted molar refractivity (Wildman–Crippen MR) is 110 cm³/mol. The fourth-order valence-electron chi connectivity index (χ4n) is 4.71. The van der Waals surface area contributed by atoms with Gasteiger partial charge in [-0.15, -0.1) is 0 Å². The van der Waals surface area contributed by atoms with Crippen molar-refractivity contribution in [1.82, 2.24) is 15.5 Å². The van der Waals surface area contributed by atoms with Crippen LogP contribution in [0.3, 0.4) is 0 Å². The van der Waals surface area contributed by atoms with E-state index in [1.807, 2.05) is 24.3 Å². The molecule has 0 radical (unpaired) electrons. The quantitative estimate of drug-likeness (QED) is 0.665. The van der Waals surface area contributed by atoms with Gasteiger partial charge in [0.05, 0.1) is 11.1 Å². The monoisotopic (exact) mass is 471 g/mol. The van der Waals surface area contributed by atoms with Crippen LogP contribution in [0.15, 0.2) is 42.5 Å². The molecule has 2 aromatic rings. The number of benzene rings is 2. The third kappa shape index (κ3) is 5.01. The number of fused-ring (bicyclic) bond motifs is 1. The van der Waals surface area contributed by atoms with Crippen LogP contribution in [0.2, 0.25) is 0 Å². The van der Waals surface area contributed by atoms with Gasteiger partial charge in [-0.25, -0.2) is 0 Å². The number of carbonyl (C=O) groups excluding carboxylic acids is 1. The summed E-state index contributed by atoms with van der Waals surface area (Å²) < 4.78 is 79.0. The normalized spacial score (nSPS) is 18.7. The molecule has 1 saturated heterocycles. The van der Waals surface area contributed by atoms with E-state index in [-0.39, 0.29) is 12.6 Å². The highest BCUT2D eigenvalue weighted by molar-refractivity contribution is 5.94. The van der Waals surface area contributed by atoms with Crippen molar-refractivity contribution in [3.63, 3.8) is 0 Å². The molecule has 1 heterocycles. The zero-order valence-electron chi connectivity index (χ0n) is 17.6. The summed E-state index contributed by atoms with van der Waals surface area (Å²) in [6.45, 7) is 3.08. The summed E-state index contributed by atoms with van der Waals surface area (Å²) in [5.41, 5.74) is -1.91. The highest BCUT2D eigenvalue weighted by Crippen LogP contribution is 2.37. The van der Waals surface area contributed by atoms with Gasteiger partial charge in [-0.3, -0.25) is 9.69 Å². The van der Waals surface area contributed by atoms with Gasteiger partial charge in [-0.05, 0) is 42.2 Å². The molecule has 2 aliphatic rings. The molecule has 33 heavy (non-hydrogen) atoms. The first kappa shape index (κ1) is 23.6. The fourth-order valence-corrected chi connectivity index (χ4v) is 4.71. The number of rotatable bonds is 4. The molecule has 0 atom stereocenters. The molecule has 1 amide bonds. The van der Waals surface area contributed by atoms with E-state index in [0.29, 0.717) is 25.0 Å². The lowest BCUT2D eigenvalue weighted by atomic mass is 9.91. The van der Waals surface area contributed by atoms with Crippen LogP contribution in [0, 0.1) is 0 Å². The summed E-state index contributed by atoms with van der Waals surface area (Å²) in [5, 5.41) is 5.90. The van der Waals surface area contributed by atoms with Crippen LogP contribution in [0.4, 0.5) is 26.3 Å². The minimum atomic E-state index is -5.01. The van der Waals surface area contributed by atoms with Crippen LogP contribution in [0.25, 0.3) is 0 Å². The Morgan fingerprint density at radius 3 is 1.91 bits per heavy atom. The molecule has 1 aliphatic carbocycles. The van der Waals surface area contributed by atoms with Crippen molar-refractivity contribution in [2.75, 3.05) is 32.7 Å². The molecule has 4 rings (SSSR count). The maximum absolute atomic E-state index is 13.2. The largest absolute Gasteiger partial charge is 0.416 e. The number of nitrogens with zero attached hydrogens (tertiary/aromatic N) is 1. The second kappa shape index (κ2) is 8.64. The molecule has 0 unspecified atom stereocenters. The number of amides is 1. The van der Waals surface area contributed by atoms with Gasteiger partial charge in [0.1, 0.15) is 0 Å². The van der Waals surface area contributed by atoms with Crippen LogP contribution in [0.5, 0.6) is 0 Å². The minimum absolute atomic E-state index is 0.0204. The third-order valence-corrected chi connectivity index (χ3v) is 6.37. The van der Waals surface area contributed by atoms with E-state index in [1.54, 1.807) is 0 Å². The standard InChI is InChI=1S/C23H23F6N3O/c24-22(25,26)18-9-17(10-19(11-18)23(27,28)29)20(33)31-14-21(32-7-5-30-6-8-32)12-15-3-1-2-4-16(15)13-21/h1-4,9-11,30H,5-8,12-14H2,(H,31,33). The molecule has 1 aliphatic heterocycles. The topological polar surface area (TPSA) is 44.4 Å². The highest BCUT2D eigenvalue weighted by atomic mass is 19.4. The minimum Gasteiger partial charge on any atom is -0.350 e. The SMILES string of the molecule is O=C(NCC1(N2CCNCC2)Cc2ccccc2C1)c1cc(C(F)(F)F)cc(C(F)(F)F)c1. The second-order valence-corrected chi connectivity index (χ2v) is 8.56. The fraction of sp³-hybridized carbons (Fsp3) is 0.435. The lowest BCUT2D eigenvalue weighted by molar-refractivity contribution is -0.143. The molecule has 2 N–H and O–H groups in total.